The monoisotopic (exact) mass is 411 g/mol. The van der Waals surface area contributed by atoms with E-state index in [1.54, 1.807) is 0 Å². The van der Waals surface area contributed by atoms with E-state index in [0.717, 1.165) is 14.8 Å². The van der Waals surface area contributed by atoms with Gasteiger partial charge in [0.15, 0.2) is 0 Å². The summed E-state index contributed by atoms with van der Waals surface area (Å²) in [4.78, 5) is 0. The first kappa shape index (κ1) is 14.3. The van der Waals surface area contributed by atoms with Crippen LogP contribution in [-0.4, -0.2) is 0 Å². The number of halogens is 4. The minimum absolute atomic E-state index is 0.540. The Hall–Kier alpha value is -0.160. The normalized spacial score (nSPS) is 10.4. The van der Waals surface area contributed by atoms with E-state index in [-0.39, 0.29) is 0 Å². The van der Waals surface area contributed by atoms with Crippen LogP contribution in [0.3, 0.4) is 0 Å². The summed E-state index contributed by atoms with van der Waals surface area (Å²) in [7, 11) is 0. The van der Waals surface area contributed by atoms with Gasteiger partial charge in [-0.1, -0.05) is 40.9 Å². The van der Waals surface area contributed by atoms with E-state index >= 15 is 0 Å². The van der Waals surface area contributed by atoms with Crippen LogP contribution >= 0.6 is 57.4 Å². The first-order chi connectivity index (χ1) is 8.58. The van der Waals surface area contributed by atoms with Crippen molar-refractivity contribution in [3.8, 4) is 0 Å². The minimum Gasteiger partial charge on any atom is -0.380 e. The van der Waals surface area contributed by atoms with Crippen LogP contribution in [0.15, 0.2) is 36.4 Å². The molecule has 2 aromatic rings. The van der Waals surface area contributed by atoms with E-state index in [4.69, 9.17) is 34.8 Å². The highest BCUT2D eigenvalue weighted by Crippen LogP contribution is 2.28. The van der Waals surface area contributed by atoms with Crippen LogP contribution < -0.4 is 5.32 Å². The Morgan fingerprint density at radius 3 is 2.28 bits per heavy atom. The van der Waals surface area contributed by atoms with Crippen LogP contribution in [0.2, 0.25) is 15.1 Å². The fourth-order valence-electron chi connectivity index (χ4n) is 1.52. The van der Waals surface area contributed by atoms with Crippen LogP contribution in [0.5, 0.6) is 0 Å². The largest absolute Gasteiger partial charge is 0.380 e. The third-order valence-corrected chi connectivity index (χ3v) is 4.15. The van der Waals surface area contributed by atoms with Gasteiger partial charge in [-0.2, -0.15) is 0 Å². The number of hydrogen-bond acceptors (Lipinski definition) is 1. The Kier molecular flexibility index (Phi) is 5.01. The van der Waals surface area contributed by atoms with Crippen molar-refractivity contribution in [2.45, 2.75) is 6.54 Å². The Morgan fingerprint density at radius 2 is 1.61 bits per heavy atom. The smallest absolute Gasteiger partial charge is 0.0638 e. The van der Waals surface area contributed by atoms with Gasteiger partial charge in [0.05, 0.1) is 10.7 Å². The molecule has 0 aliphatic rings. The molecule has 0 heterocycles. The molecule has 94 valence electrons. The van der Waals surface area contributed by atoms with Crippen molar-refractivity contribution in [3.63, 3.8) is 0 Å². The molecule has 0 aromatic heterocycles. The van der Waals surface area contributed by atoms with Gasteiger partial charge in [0, 0.05) is 25.7 Å². The average Bonchev–Trinajstić information content (AvgIpc) is 2.33. The molecule has 0 atom stereocenters. The first-order valence-electron chi connectivity index (χ1n) is 5.20. The summed E-state index contributed by atoms with van der Waals surface area (Å²) in [6, 6.07) is 11.3. The lowest BCUT2D eigenvalue weighted by Crippen LogP contribution is -2.01. The lowest BCUT2D eigenvalue weighted by molar-refractivity contribution is 1.15. The molecule has 2 rings (SSSR count). The molecule has 0 fully saturated rings. The fraction of sp³-hybridized carbons (Fsp3) is 0.0769. The summed E-state index contributed by atoms with van der Waals surface area (Å²) >= 11 is 20.6. The summed E-state index contributed by atoms with van der Waals surface area (Å²) in [6.45, 7) is 0.540. The predicted molar refractivity (Wildman–Crippen MR) is 88.0 cm³/mol. The summed E-state index contributed by atoms with van der Waals surface area (Å²) in [6.07, 6.45) is 0. The summed E-state index contributed by atoms with van der Waals surface area (Å²) in [5.74, 6) is 0. The van der Waals surface area contributed by atoms with Crippen LogP contribution in [-0.2, 0) is 6.54 Å². The minimum atomic E-state index is 0.540. The highest BCUT2D eigenvalue weighted by atomic mass is 127. The molecule has 18 heavy (non-hydrogen) atoms. The molecule has 5 heteroatoms. The molecule has 0 unspecified atom stereocenters. The van der Waals surface area contributed by atoms with Crippen LogP contribution in [0, 0.1) is 3.57 Å². The van der Waals surface area contributed by atoms with Gasteiger partial charge in [0.25, 0.3) is 0 Å². The zero-order valence-corrected chi connectivity index (χ0v) is 13.6. The van der Waals surface area contributed by atoms with Crippen molar-refractivity contribution in [2.75, 3.05) is 5.32 Å². The van der Waals surface area contributed by atoms with Gasteiger partial charge in [-0.15, -0.1) is 0 Å². The van der Waals surface area contributed by atoms with Crippen molar-refractivity contribution in [1.29, 1.82) is 0 Å². The molecule has 0 bridgehead atoms. The van der Waals surface area contributed by atoms with Gasteiger partial charge >= 0.3 is 0 Å². The van der Waals surface area contributed by atoms with Gasteiger partial charge in [0.1, 0.15) is 0 Å². The van der Waals surface area contributed by atoms with E-state index < -0.39 is 0 Å². The molecule has 0 amide bonds. The molecule has 0 aliphatic carbocycles. The maximum atomic E-state index is 6.11. The highest BCUT2D eigenvalue weighted by molar-refractivity contribution is 14.1. The Morgan fingerprint density at radius 1 is 0.944 bits per heavy atom. The van der Waals surface area contributed by atoms with Crippen molar-refractivity contribution in [3.05, 3.63) is 60.6 Å². The molecule has 2 aromatic carbocycles. The predicted octanol–water partition coefficient (Wildman–Crippen LogP) is 5.86. The molecule has 1 N–H and O–H groups in total. The average molecular weight is 412 g/mol. The van der Waals surface area contributed by atoms with Crippen molar-refractivity contribution < 1.29 is 0 Å². The van der Waals surface area contributed by atoms with Crippen LogP contribution in [0.4, 0.5) is 5.69 Å². The first-order valence-corrected chi connectivity index (χ1v) is 7.41. The SMILES string of the molecule is Clc1ccc(I)cc1NCc1c(Cl)cccc1Cl. The molecule has 0 radical (unpaired) electrons. The molecule has 0 spiro atoms. The van der Waals surface area contributed by atoms with Gasteiger partial charge in [-0.05, 0) is 52.9 Å². The lowest BCUT2D eigenvalue weighted by atomic mass is 10.2. The van der Waals surface area contributed by atoms with E-state index in [0.29, 0.717) is 21.6 Å². The van der Waals surface area contributed by atoms with E-state index in [2.05, 4.69) is 27.9 Å². The third-order valence-electron chi connectivity index (χ3n) is 2.45. The van der Waals surface area contributed by atoms with Gasteiger partial charge < -0.3 is 5.32 Å². The van der Waals surface area contributed by atoms with Crippen molar-refractivity contribution in [1.82, 2.24) is 0 Å². The van der Waals surface area contributed by atoms with Crippen LogP contribution in [0.25, 0.3) is 0 Å². The standard InChI is InChI=1S/C13H9Cl3IN/c14-10-2-1-3-11(15)9(10)7-18-13-6-8(17)4-5-12(13)16/h1-6,18H,7H2. The number of benzene rings is 2. The quantitative estimate of drug-likeness (QED) is 0.623. The highest BCUT2D eigenvalue weighted by Gasteiger charge is 2.06. The second kappa shape index (κ2) is 6.33. The molecule has 1 nitrogen and oxygen atoms in total. The molecule has 0 aliphatic heterocycles. The summed E-state index contributed by atoms with van der Waals surface area (Å²) in [5.41, 5.74) is 1.75. The van der Waals surface area contributed by atoms with Gasteiger partial charge in [-0.3, -0.25) is 0 Å². The topological polar surface area (TPSA) is 12.0 Å². The molecular formula is C13H9Cl3IN. The number of rotatable bonds is 3. The zero-order chi connectivity index (χ0) is 13.1. The summed E-state index contributed by atoms with van der Waals surface area (Å²) in [5, 5.41) is 5.22. The number of nitrogens with one attached hydrogen (secondary N) is 1. The molecular weight excluding hydrogens is 403 g/mol. The lowest BCUT2D eigenvalue weighted by Gasteiger charge is -2.11. The molecule has 0 saturated heterocycles. The number of hydrogen-bond donors (Lipinski definition) is 1. The third kappa shape index (κ3) is 3.44. The van der Waals surface area contributed by atoms with Crippen molar-refractivity contribution >= 4 is 63.1 Å². The second-order valence-corrected chi connectivity index (χ2v) is 6.15. The maximum Gasteiger partial charge on any atom is 0.0638 e. The van der Waals surface area contributed by atoms with Crippen LogP contribution in [0.1, 0.15) is 5.56 Å². The maximum absolute atomic E-state index is 6.11. The van der Waals surface area contributed by atoms with E-state index in [1.165, 1.54) is 0 Å². The second-order valence-electron chi connectivity index (χ2n) is 3.68. The zero-order valence-electron chi connectivity index (χ0n) is 9.18. The Balaban J connectivity index is 2.19. The Labute approximate surface area is 135 Å². The van der Waals surface area contributed by atoms with Gasteiger partial charge in [-0.25, -0.2) is 0 Å². The van der Waals surface area contributed by atoms with Crippen molar-refractivity contribution in [2.24, 2.45) is 0 Å². The van der Waals surface area contributed by atoms with Gasteiger partial charge in [0.2, 0.25) is 0 Å². The molecule has 0 saturated carbocycles. The number of anilines is 1. The Bertz CT molecular complexity index is 552. The fourth-order valence-corrected chi connectivity index (χ4v) is 2.72. The summed E-state index contributed by atoms with van der Waals surface area (Å²) < 4.78 is 1.12. The van der Waals surface area contributed by atoms with E-state index in [1.807, 2.05) is 36.4 Å². The van der Waals surface area contributed by atoms with E-state index in [9.17, 15) is 0 Å².